The Bertz CT molecular complexity index is 395. The molecule has 1 saturated carbocycles. The lowest BCUT2D eigenvalue weighted by Crippen LogP contribution is -2.37. The third kappa shape index (κ3) is 1.94. The van der Waals surface area contributed by atoms with E-state index in [4.69, 9.17) is 11.6 Å². The van der Waals surface area contributed by atoms with Crippen LogP contribution < -0.4 is 0 Å². The van der Waals surface area contributed by atoms with Gasteiger partial charge in [-0.25, -0.2) is 0 Å². The van der Waals surface area contributed by atoms with Gasteiger partial charge in [0.25, 0.3) is 0 Å². The summed E-state index contributed by atoms with van der Waals surface area (Å²) in [6.07, 6.45) is 4.55. The van der Waals surface area contributed by atoms with Gasteiger partial charge in [-0.05, 0) is 30.5 Å². The number of hydrogen-bond donors (Lipinski definition) is 1. The summed E-state index contributed by atoms with van der Waals surface area (Å²) in [4.78, 5) is 11.5. The highest BCUT2D eigenvalue weighted by atomic mass is 35.5. The molecule has 0 saturated heterocycles. The topological polar surface area (TPSA) is 37.3 Å². The summed E-state index contributed by atoms with van der Waals surface area (Å²) >= 11 is 5.94. The molecule has 0 aromatic heterocycles. The van der Waals surface area contributed by atoms with Gasteiger partial charge in [-0.15, -0.1) is 0 Å². The average Bonchev–Trinajstić information content (AvgIpc) is 2.30. The first kappa shape index (κ1) is 11.5. The summed E-state index contributed by atoms with van der Waals surface area (Å²) in [7, 11) is 0. The van der Waals surface area contributed by atoms with E-state index in [2.05, 4.69) is 0 Å². The van der Waals surface area contributed by atoms with Gasteiger partial charge in [0.2, 0.25) is 0 Å². The smallest absolute Gasteiger partial charge is 0.314 e. The molecular weight excluding hydrogens is 224 g/mol. The van der Waals surface area contributed by atoms with E-state index >= 15 is 0 Å². The summed E-state index contributed by atoms with van der Waals surface area (Å²) in [5.74, 6) is -0.713. The maximum Gasteiger partial charge on any atom is 0.314 e. The molecule has 1 fully saturated rings. The van der Waals surface area contributed by atoms with Gasteiger partial charge in [0.05, 0.1) is 5.41 Å². The Kier molecular flexibility index (Phi) is 3.20. The van der Waals surface area contributed by atoms with Crippen molar-refractivity contribution in [1.82, 2.24) is 0 Å². The monoisotopic (exact) mass is 238 g/mol. The second kappa shape index (κ2) is 4.46. The first-order valence-electron chi connectivity index (χ1n) is 5.65. The number of aliphatic carboxylic acids is 1. The predicted octanol–water partition coefficient (Wildman–Crippen LogP) is 3.63. The van der Waals surface area contributed by atoms with Crippen molar-refractivity contribution in [2.75, 3.05) is 0 Å². The lowest BCUT2D eigenvalue weighted by molar-refractivity contribution is -0.145. The van der Waals surface area contributed by atoms with E-state index in [1.54, 1.807) is 12.1 Å². The van der Waals surface area contributed by atoms with Crippen molar-refractivity contribution >= 4 is 17.6 Å². The Morgan fingerprint density at radius 3 is 2.50 bits per heavy atom. The van der Waals surface area contributed by atoms with Crippen LogP contribution in [-0.2, 0) is 10.2 Å². The van der Waals surface area contributed by atoms with Crippen LogP contribution in [0.3, 0.4) is 0 Å². The number of rotatable bonds is 2. The molecule has 1 aromatic rings. The third-order valence-corrected chi connectivity index (χ3v) is 3.73. The molecule has 1 aliphatic rings. The molecule has 1 aliphatic carbocycles. The Hall–Kier alpha value is -1.02. The van der Waals surface area contributed by atoms with Crippen LogP contribution in [0.4, 0.5) is 0 Å². The second-order valence-corrected chi connectivity index (χ2v) is 4.89. The Morgan fingerprint density at radius 2 is 1.94 bits per heavy atom. The SMILES string of the molecule is O=C(O)C1(c2cccc(Cl)c2)CCCCC1. The zero-order valence-electron chi connectivity index (χ0n) is 9.08. The van der Waals surface area contributed by atoms with E-state index in [9.17, 15) is 9.90 Å². The normalized spacial score (nSPS) is 19.3. The summed E-state index contributed by atoms with van der Waals surface area (Å²) in [5.41, 5.74) is 0.149. The maximum atomic E-state index is 11.5. The van der Waals surface area contributed by atoms with Crippen LogP contribution in [0.25, 0.3) is 0 Å². The minimum absolute atomic E-state index is 0.615. The molecule has 0 heterocycles. The number of hydrogen-bond acceptors (Lipinski definition) is 1. The largest absolute Gasteiger partial charge is 0.481 e. The molecule has 0 amide bonds. The van der Waals surface area contributed by atoms with Crippen LogP contribution in [0.2, 0.25) is 5.02 Å². The molecule has 1 N–H and O–H groups in total. The summed E-state index contributed by atoms with van der Waals surface area (Å²) in [5, 5.41) is 10.1. The fourth-order valence-electron chi connectivity index (χ4n) is 2.57. The van der Waals surface area contributed by atoms with Crippen LogP contribution in [-0.4, -0.2) is 11.1 Å². The zero-order chi connectivity index (χ0) is 11.6. The van der Waals surface area contributed by atoms with Crippen molar-refractivity contribution in [2.45, 2.75) is 37.5 Å². The molecule has 2 nitrogen and oxygen atoms in total. The summed E-state index contributed by atoms with van der Waals surface area (Å²) in [6, 6.07) is 7.28. The highest BCUT2D eigenvalue weighted by molar-refractivity contribution is 6.30. The standard InChI is InChI=1S/C13H15ClO2/c14-11-6-4-5-10(9-11)13(12(15)16)7-2-1-3-8-13/h4-6,9H,1-3,7-8H2,(H,15,16). The number of carboxylic acid groups (broad SMARTS) is 1. The first-order chi connectivity index (χ1) is 7.65. The molecule has 0 unspecified atom stereocenters. The van der Waals surface area contributed by atoms with E-state index < -0.39 is 11.4 Å². The molecule has 0 radical (unpaired) electrons. The molecule has 3 heteroatoms. The van der Waals surface area contributed by atoms with Crippen molar-refractivity contribution in [3.63, 3.8) is 0 Å². The minimum Gasteiger partial charge on any atom is -0.481 e. The predicted molar refractivity (Wildman–Crippen MR) is 63.9 cm³/mol. The van der Waals surface area contributed by atoms with Gasteiger partial charge in [0.15, 0.2) is 0 Å². The average molecular weight is 239 g/mol. The van der Waals surface area contributed by atoms with Gasteiger partial charge < -0.3 is 5.11 Å². The lowest BCUT2D eigenvalue weighted by Gasteiger charge is -2.33. The molecule has 0 bridgehead atoms. The fourth-order valence-corrected chi connectivity index (χ4v) is 2.76. The third-order valence-electron chi connectivity index (χ3n) is 3.49. The Labute approximate surface area is 100 Å². The van der Waals surface area contributed by atoms with Crippen molar-refractivity contribution in [3.05, 3.63) is 34.9 Å². The van der Waals surface area contributed by atoms with E-state index in [1.165, 1.54) is 0 Å². The molecule has 86 valence electrons. The van der Waals surface area contributed by atoms with Crippen LogP contribution >= 0.6 is 11.6 Å². The number of carboxylic acids is 1. The highest BCUT2D eigenvalue weighted by Gasteiger charge is 2.41. The van der Waals surface area contributed by atoms with Crippen molar-refractivity contribution in [2.24, 2.45) is 0 Å². The summed E-state index contributed by atoms with van der Waals surface area (Å²) < 4.78 is 0. The molecule has 2 rings (SSSR count). The van der Waals surface area contributed by atoms with Gasteiger partial charge in [-0.3, -0.25) is 4.79 Å². The number of benzene rings is 1. The molecule has 1 aromatic carbocycles. The van der Waals surface area contributed by atoms with Gasteiger partial charge in [0.1, 0.15) is 0 Å². The van der Waals surface area contributed by atoms with Crippen molar-refractivity contribution in [1.29, 1.82) is 0 Å². The van der Waals surface area contributed by atoms with E-state index in [0.717, 1.165) is 37.7 Å². The van der Waals surface area contributed by atoms with Gasteiger partial charge in [-0.1, -0.05) is 43.0 Å². The van der Waals surface area contributed by atoms with E-state index in [1.807, 2.05) is 12.1 Å². The fraction of sp³-hybridized carbons (Fsp3) is 0.462. The molecule has 0 atom stereocenters. The minimum atomic E-state index is -0.713. The quantitative estimate of drug-likeness (QED) is 0.854. The molecular formula is C13H15ClO2. The van der Waals surface area contributed by atoms with Gasteiger partial charge in [0, 0.05) is 5.02 Å². The van der Waals surface area contributed by atoms with Crippen LogP contribution in [0.15, 0.2) is 24.3 Å². The molecule has 0 aliphatic heterocycles. The van der Waals surface area contributed by atoms with E-state index in [-0.39, 0.29) is 0 Å². The molecule has 0 spiro atoms. The van der Waals surface area contributed by atoms with Crippen molar-refractivity contribution < 1.29 is 9.90 Å². The van der Waals surface area contributed by atoms with Crippen LogP contribution in [0.1, 0.15) is 37.7 Å². The Morgan fingerprint density at radius 1 is 1.25 bits per heavy atom. The Balaban J connectivity index is 2.42. The summed E-state index contributed by atoms with van der Waals surface area (Å²) in [6.45, 7) is 0. The number of carbonyl (C=O) groups is 1. The van der Waals surface area contributed by atoms with Crippen LogP contribution in [0, 0.1) is 0 Å². The van der Waals surface area contributed by atoms with Gasteiger partial charge >= 0.3 is 5.97 Å². The van der Waals surface area contributed by atoms with Crippen molar-refractivity contribution in [3.8, 4) is 0 Å². The zero-order valence-corrected chi connectivity index (χ0v) is 9.83. The van der Waals surface area contributed by atoms with Crippen LogP contribution in [0.5, 0.6) is 0 Å². The lowest BCUT2D eigenvalue weighted by atomic mass is 9.69. The first-order valence-corrected chi connectivity index (χ1v) is 6.02. The van der Waals surface area contributed by atoms with E-state index in [0.29, 0.717) is 5.02 Å². The highest BCUT2D eigenvalue weighted by Crippen LogP contribution is 2.40. The van der Waals surface area contributed by atoms with Gasteiger partial charge in [-0.2, -0.15) is 0 Å². The number of halogens is 1. The maximum absolute atomic E-state index is 11.5. The molecule has 16 heavy (non-hydrogen) atoms. The second-order valence-electron chi connectivity index (χ2n) is 4.46.